The van der Waals surface area contributed by atoms with Gasteiger partial charge in [-0.25, -0.2) is 0 Å². The fourth-order valence-electron chi connectivity index (χ4n) is 2.21. The Morgan fingerprint density at radius 1 is 1.40 bits per heavy atom. The number of hydrogen-bond donors (Lipinski definition) is 1. The molecular formula is C14H23N5S. The molecule has 0 fully saturated rings. The number of nitrogens with two attached hydrogens (primary N) is 1. The molecule has 6 heteroatoms. The highest BCUT2D eigenvalue weighted by Crippen LogP contribution is 2.30. The Balaban J connectivity index is 2.22. The Kier molecular flexibility index (Phi) is 4.25. The maximum absolute atomic E-state index is 6.38. The lowest BCUT2D eigenvalue weighted by molar-refractivity contribution is 0.547. The Bertz CT molecular complexity index is 579. The first-order valence-corrected chi connectivity index (χ1v) is 7.70. The van der Waals surface area contributed by atoms with E-state index < -0.39 is 0 Å². The number of hydrogen-bond acceptors (Lipinski definition) is 5. The Morgan fingerprint density at radius 3 is 2.65 bits per heavy atom. The largest absolute Gasteiger partial charge is 0.323 e. The molecule has 1 unspecified atom stereocenters. The van der Waals surface area contributed by atoms with Crippen LogP contribution < -0.4 is 5.73 Å². The standard InChI is InChI=1S/C14H23N5S/c1-6-9-7-10(19(5)17-9)8-11(15)12-13(14(2,3)4)16-18-20-12/h7,11H,6,8,15H2,1-5H3. The molecule has 1 atom stereocenters. The van der Waals surface area contributed by atoms with Crippen LogP contribution in [-0.4, -0.2) is 19.4 Å². The van der Waals surface area contributed by atoms with E-state index in [1.807, 2.05) is 11.7 Å². The SMILES string of the molecule is CCc1cc(CC(N)c2snnc2C(C)(C)C)n(C)n1. The number of aryl methyl sites for hydroxylation is 2. The Morgan fingerprint density at radius 2 is 2.10 bits per heavy atom. The second-order valence-electron chi connectivity index (χ2n) is 6.15. The van der Waals surface area contributed by atoms with E-state index >= 15 is 0 Å². The second kappa shape index (κ2) is 5.61. The van der Waals surface area contributed by atoms with Gasteiger partial charge < -0.3 is 5.73 Å². The third kappa shape index (κ3) is 3.07. The van der Waals surface area contributed by atoms with Crippen molar-refractivity contribution in [2.75, 3.05) is 0 Å². The summed E-state index contributed by atoms with van der Waals surface area (Å²) in [5, 5.41) is 8.73. The van der Waals surface area contributed by atoms with Crippen molar-refractivity contribution < 1.29 is 0 Å². The molecule has 2 aromatic heterocycles. The maximum atomic E-state index is 6.38. The van der Waals surface area contributed by atoms with Gasteiger partial charge in [-0.05, 0) is 24.0 Å². The maximum Gasteiger partial charge on any atom is 0.0857 e. The second-order valence-corrected chi connectivity index (χ2v) is 6.94. The minimum atomic E-state index is -0.0793. The predicted molar refractivity (Wildman–Crippen MR) is 81.8 cm³/mol. The molecule has 0 bridgehead atoms. The Labute approximate surface area is 124 Å². The first kappa shape index (κ1) is 15.1. The topological polar surface area (TPSA) is 69.6 Å². The van der Waals surface area contributed by atoms with Crippen LogP contribution in [0.15, 0.2) is 6.07 Å². The summed E-state index contributed by atoms with van der Waals surface area (Å²) in [7, 11) is 1.97. The van der Waals surface area contributed by atoms with Gasteiger partial charge in [0.1, 0.15) is 0 Å². The van der Waals surface area contributed by atoms with E-state index in [0.717, 1.165) is 34.8 Å². The van der Waals surface area contributed by atoms with Crippen LogP contribution in [0.2, 0.25) is 0 Å². The molecule has 2 heterocycles. The van der Waals surface area contributed by atoms with E-state index in [1.165, 1.54) is 11.5 Å². The van der Waals surface area contributed by atoms with Crippen molar-refractivity contribution in [2.24, 2.45) is 12.8 Å². The number of nitrogens with zero attached hydrogens (tertiary/aromatic N) is 4. The number of aromatic nitrogens is 4. The monoisotopic (exact) mass is 293 g/mol. The molecule has 20 heavy (non-hydrogen) atoms. The van der Waals surface area contributed by atoms with E-state index in [-0.39, 0.29) is 11.5 Å². The lowest BCUT2D eigenvalue weighted by atomic mass is 9.89. The normalized spacial score (nSPS) is 13.7. The van der Waals surface area contributed by atoms with Crippen molar-refractivity contribution in [3.8, 4) is 0 Å². The molecule has 0 saturated heterocycles. The van der Waals surface area contributed by atoms with Crippen molar-refractivity contribution in [1.82, 2.24) is 19.4 Å². The van der Waals surface area contributed by atoms with Gasteiger partial charge in [0, 0.05) is 30.6 Å². The zero-order chi connectivity index (χ0) is 14.9. The highest BCUT2D eigenvalue weighted by molar-refractivity contribution is 7.05. The van der Waals surface area contributed by atoms with Gasteiger partial charge in [0.2, 0.25) is 0 Å². The fraction of sp³-hybridized carbons (Fsp3) is 0.643. The molecule has 0 saturated carbocycles. The van der Waals surface area contributed by atoms with Gasteiger partial charge in [-0.3, -0.25) is 4.68 Å². The molecule has 2 N–H and O–H groups in total. The average Bonchev–Trinajstić information content (AvgIpc) is 2.96. The zero-order valence-corrected chi connectivity index (χ0v) is 13.7. The van der Waals surface area contributed by atoms with Gasteiger partial charge in [0.15, 0.2) is 0 Å². The fourth-order valence-corrected chi connectivity index (χ4v) is 3.08. The molecule has 0 aromatic carbocycles. The summed E-state index contributed by atoms with van der Waals surface area (Å²) < 4.78 is 6.00. The lowest BCUT2D eigenvalue weighted by Gasteiger charge is -2.19. The van der Waals surface area contributed by atoms with Crippen molar-refractivity contribution in [3.63, 3.8) is 0 Å². The van der Waals surface area contributed by atoms with Crippen LogP contribution in [0.3, 0.4) is 0 Å². The van der Waals surface area contributed by atoms with Crippen LogP contribution in [0.1, 0.15) is 55.7 Å². The number of rotatable bonds is 4. The van der Waals surface area contributed by atoms with Crippen LogP contribution in [0.25, 0.3) is 0 Å². The van der Waals surface area contributed by atoms with Gasteiger partial charge >= 0.3 is 0 Å². The molecule has 2 aromatic rings. The van der Waals surface area contributed by atoms with Crippen molar-refractivity contribution in [1.29, 1.82) is 0 Å². The summed E-state index contributed by atoms with van der Waals surface area (Å²) in [6.45, 7) is 8.52. The van der Waals surface area contributed by atoms with E-state index in [9.17, 15) is 0 Å². The Hall–Kier alpha value is -1.27. The summed E-state index contributed by atoms with van der Waals surface area (Å²) in [6, 6.07) is 2.05. The van der Waals surface area contributed by atoms with E-state index in [1.54, 1.807) is 0 Å². The third-order valence-corrected chi connectivity index (χ3v) is 4.24. The van der Waals surface area contributed by atoms with Gasteiger partial charge in [0.05, 0.1) is 16.3 Å². The average molecular weight is 293 g/mol. The van der Waals surface area contributed by atoms with Crippen LogP contribution in [0.5, 0.6) is 0 Å². The summed E-state index contributed by atoms with van der Waals surface area (Å²) in [5.41, 5.74) is 9.62. The smallest absolute Gasteiger partial charge is 0.0857 e. The highest BCUT2D eigenvalue weighted by Gasteiger charge is 2.26. The van der Waals surface area contributed by atoms with Crippen LogP contribution in [0, 0.1) is 0 Å². The van der Waals surface area contributed by atoms with Crippen LogP contribution >= 0.6 is 11.5 Å². The van der Waals surface area contributed by atoms with E-state index in [4.69, 9.17) is 5.73 Å². The summed E-state index contributed by atoms with van der Waals surface area (Å²) in [5.74, 6) is 0. The minimum Gasteiger partial charge on any atom is -0.323 e. The van der Waals surface area contributed by atoms with E-state index in [0.29, 0.717) is 0 Å². The van der Waals surface area contributed by atoms with E-state index in [2.05, 4.69) is 48.4 Å². The highest BCUT2D eigenvalue weighted by atomic mass is 32.1. The summed E-state index contributed by atoms with van der Waals surface area (Å²) in [4.78, 5) is 1.08. The molecule has 0 aliphatic rings. The van der Waals surface area contributed by atoms with Gasteiger partial charge in [-0.15, -0.1) is 5.10 Å². The molecule has 110 valence electrons. The van der Waals surface area contributed by atoms with Crippen molar-refractivity contribution in [2.45, 2.75) is 52.0 Å². The predicted octanol–water partition coefficient (Wildman–Crippen LogP) is 2.37. The van der Waals surface area contributed by atoms with Gasteiger partial charge in [0.25, 0.3) is 0 Å². The molecule has 0 amide bonds. The van der Waals surface area contributed by atoms with Crippen molar-refractivity contribution in [3.05, 3.63) is 28.0 Å². The molecule has 2 rings (SSSR count). The first-order chi connectivity index (χ1) is 9.32. The molecule has 0 radical (unpaired) electrons. The molecule has 0 aliphatic heterocycles. The van der Waals surface area contributed by atoms with Gasteiger partial charge in [-0.2, -0.15) is 5.10 Å². The lowest BCUT2D eigenvalue weighted by Crippen LogP contribution is -2.21. The van der Waals surface area contributed by atoms with Crippen LogP contribution in [0.4, 0.5) is 0 Å². The summed E-state index contributed by atoms with van der Waals surface area (Å²) in [6.07, 6.45) is 1.70. The minimum absolute atomic E-state index is 0.0268. The van der Waals surface area contributed by atoms with Gasteiger partial charge in [-0.1, -0.05) is 32.2 Å². The van der Waals surface area contributed by atoms with Crippen molar-refractivity contribution >= 4 is 11.5 Å². The quantitative estimate of drug-likeness (QED) is 0.939. The third-order valence-electron chi connectivity index (χ3n) is 3.38. The molecular weight excluding hydrogens is 270 g/mol. The molecule has 0 aliphatic carbocycles. The molecule has 0 spiro atoms. The molecule has 5 nitrogen and oxygen atoms in total. The zero-order valence-electron chi connectivity index (χ0n) is 12.8. The summed E-state index contributed by atoms with van der Waals surface area (Å²) >= 11 is 1.41. The van der Waals surface area contributed by atoms with Crippen LogP contribution in [-0.2, 0) is 25.3 Å². The first-order valence-electron chi connectivity index (χ1n) is 6.93.